The zero-order valence-corrected chi connectivity index (χ0v) is 25.0. The van der Waals surface area contributed by atoms with Gasteiger partial charge in [-0.2, -0.15) is 10.2 Å². The van der Waals surface area contributed by atoms with Gasteiger partial charge in [0.25, 0.3) is 5.88 Å². The molecule has 1 spiro atoms. The molecule has 1 amide bonds. The molecule has 2 aromatic heterocycles. The molecule has 11 heteroatoms. The van der Waals surface area contributed by atoms with Crippen LogP contribution in [0.3, 0.4) is 0 Å². The molecule has 2 aliphatic heterocycles. The van der Waals surface area contributed by atoms with Crippen LogP contribution in [0.2, 0.25) is 0 Å². The summed E-state index contributed by atoms with van der Waals surface area (Å²) < 4.78 is 20.9. The van der Waals surface area contributed by atoms with Gasteiger partial charge in [-0.15, -0.1) is 10.2 Å². The summed E-state index contributed by atoms with van der Waals surface area (Å²) in [6, 6.07) is 7.27. The first-order valence-corrected chi connectivity index (χ1v) is 15.5. The van der Waals surface area contributed by atoms with Gasteiger partial charge in [-0.1, -0.05) is 13.8 Å². The Labute approximate surface area is 251 Å². The summed E-state index contributed by atoms with van der Waals surface area (Å²) in [5.41, 5.74) is 2.46. The molecular formula is C32H39FN8O2. The Morgan fingerprint density at radius 3 is 2.67 bits per heavy atom. The largest absolute Gasteiger partial charge is 0.434 e. The summed E-state index contributed by atoms with van der Waals surface area (Å²) in [4.78, 5) is 21.0. The maximum Gasteiger partial charge on any atom is 0.282 e. The van der Waals surface area contributed by atoms with Crippen LogP contribution in [0.15, 0.2) is 36.8 Å². The first-order chi connectivity index (χ1) is 20.8. The number of likely N-dealkylation sites (tertiary alicyclic amines) is 1. The number of carbonyl (C=O) groups excluding carboxylic acids is 1. The molecule has 1 atom stereocenters. The minimum Gasteiger partial charge on any atom is -0.434 e. The van der Waals surface area contributed by atoms with E-state index in [-0.39, 0.29) is 17.1 Å². The van der Waals surface area contributed by atoms with E-state index in [4.69, 9.17) is 4.74 Å². The lowest BCUT2D eigenvalue weighted by atomic mass is 9.68. The number of anilines is 1. The maximum absolute atomic E-state index is 14.5. The maximum atomic E-state index is 14.5. The van der Waals surface area contributed by atoms with Crippen LogP contribution in [0.5, 0.6) is 11.6 Å². The minimum atomic E-state index is -0.365. The minimum absolute atomic E-state index is 0.0634. The van der Waals surface area contributed by atoms with Crippen molar-refractivity contribution in [3.63, 3.8) is 0 Å². The summed E-state index contributed by atoms with van der Waals surface area (Å²) in [5.74, 6) is 2.70. The van der Waals surface area contributed by atoms with Crippen LogP contribution in [0.1, 0.15) is 64.4 Å². The third-order valence-electron chi connectivity index (χ3n) is 9.73. The van der Waals surface area contributed by atoms with E-state index in [2.05, 4.69) is 54.3 Å². The van der Waals surface area contributed by atoms with Gasteiger partial charge in [-0.05, 0) is 79.7 Å². The van der Waals surface area contributed by atoms with Crippen molar-refractivity contribution in [1.82, 2.24) is 35.6 Å². The normalized spacial score (nSPS) is 23.6. The molecule has 2 saturated carbocycles. The van der Waals surface area contributed by atoms with Crippen molar-refractivity contribution < 1.29 is 13.9 Å². The smallest absolute Gasteiger partial charge is 0.282 e. The predicted octanol–water partition coefficient (Wildman–Crippen LogP) is 4.59. The highest BCUT2D eigenvalue weighted by molar-refractivity contribution is 5.73. The van der Waals surface area contributed by atoms with Crippen molar-refractivity contribution in [3.8, 4) is 22.9 Å². The Hall–Kier alpha value is -3.73. The number of hydrogen-bond donors (Lipinski definition) is 1. The molecule has 4 fully saturated rings. The molecule has 1 unspecified atom stereocenters. The average molecular weight is 587 g/mol. The molecule has 3 aromatic rings. The average Bonchev–Trinajstić information content (AvgIpc) is 3.70. The van der Waals surface area contributed by atoms with E-state index in [1.165, 1.54) is 18.5 Å². The van der Waals surface area contributed by atoms with Crippen LogP contribution < -0.4 is 15.0 Å². The second kappa shape index (κ2) is 11.1. The molecular weight excluding hydrogens is 547 g/mol. The van der Waals surface area contributed by atoms with Crippen LogP contribution in [0.25, 0.3) is 11.3 Å². The molecule has 10 nitrogen and oxygen atoms in total. The van der Waals surface area contributed by atoms with Crippen molar-refractivity contribution in [3.05, 3.63) is 48.2 Å². The quantitative estimate of drug-likeness (QED) is 0.385. The van der Waals surface area contributed by atoms with E-state index in [1.54, 1.807) is 19.2 Å². The Bertz CT molecular complexity index is 1500. The summed E-state index contributed by atoms with van der Waals surface area (Å²) in [6.45, 7) is 10.1. The van der Waals surface area contributed by atoms with Gasteiger partial charge < -0.3 is 15.0 Å². The number of carbonyl (C=O) groups is 1. The summed E-state index contributed by atoms with van der Waals surface area (Å²) in [5, 5.41) is 19.9. The van der Waals surface area contributed by atoms with Gasteiger partial charge in [-0.3, -0.25) is 9.69 Å². The van der Waals surface area contributed by atoms with Gasteiger partial charge in [0.05, 0.1) is 0 Å². The SMILES string of the molecule is CC(=O)NC1CC(C(C(C)C)N2CC3(CCN(c4ncnnc4Oc4ccc(F)cc4-c4nnccc4C4CC4)C3)C2)C1. The first kappa shape index (κ1) is 28.1. The molecule has 0 radical (unpaired) electrons. The Morgan fingerprint density at radius 1 is 1.12 bits per heavy atom. The Morgan fingerprint density at radius 2 is 1.93 bits per heavy atom. The van der Waals surface area contributed by atoms with E-state index < -0.39 is 0 Å². The summed E-state index contributed by atoms with van der Waals surface area (Å²) >= 11 is 0. The standard InChI is InChI=1S/C32H39FN8O2/c1-19(2)29(22-12-24(13-22)37-20(3)42)41-16-32(17-41)9-11-40(15-32)30-31(39-36-18-34-30)43-27-7-6-23(33)14-26(27)28-25(21-4-5-21)8-10-35-38-28/h6-8,10,14,18-19,21-22,24,29H,4-5,9,11-13,15-17H2,1-3H3,(H,37,42). The molecule has 4 heterocycles. The van der Waals surface area contributed by atoms with Crippen molar-refractivity contribution in [1.29, 1.82) is 0 Å². The lowest BCUT2D eigenvalue weighted by Crippen LogP contribution is -2.65. The highest BCUT2D eigenvalue weighted by atomic mass is 19.1. The molecule has 226 valence electrons. The van der Waals surface area contributed by atoms with Crippen molar-refractivity contribution in [2.24, 2.45) is 17.3 Å². The van der Waals surface area contributed by atoms with Crippen molar-refractivity contribution >= 4 is 11.7 Å². The highest BCUT2D eigenvalue weighted by Crippen LogP contribution is 2.48. The molecule has 7 rings (SSSR count). The molecule has 2 aliphatic carbocycles. The molecule has 4 aliphatic rings. The number of rotatable bonds is 9. The van der Waals surface area contributed by atoms with E-state index in [0.717, 1.165) is 63.8 Å². The van der Waals surface area contributed by atoms with Crippen LogP contribution in [0.4, 0.5) is 10.2 Å². The van der Waals surface area contributed by atoms with E-state index in [1.807, 2.05) is 6.07 Å². The molecule has 1 aromatic carbocycles. The van der Waals surface area contributed by atoms with Gasteiger partial charge >= 0.3 is 0 Å². The van der Waals surface area contributed by atoms with E-state index >= 15 is 0 Å². The summed E-state index contributed by atoms with van der Waals surface area (Å²) in [6.07, 6.45) is 8.52. The second-order valence-corrected chi connectivity index (χ2v) is 13.4. The van der Waals surface area contributed by atoms with Crippen LogP contribution in [0, 0.1) is 23.1 Å². The molecule has 43 heavy (non-hydrogen) atoms. The van der Waals surface area contributed by atoms with Gasteiger partial charge in [0.1, 0.15) is 23.6 Å². The van der Waals surface area contributed by atoms with Gasteiger partial charge in [0.2, 0.25) is 5.91 Å². The van der Waals surface area contributed by atoms with Gasteiger partial charge in [0, 0.05) is 62.4 Å². The number of nitrogens with zero attached hydrogens (tertiary/aromatic N) is 7. The number of hydrogen-bond acceptors (Lipinski definition) is 9. The number of halogens is 1. The molecule has 1 N–H and O–H groups in total. The highest BCUT2D eigenvalue weighted by Gasteiger charge is 2.53. The van der Waals surface area contributed by atoms with Crippen LogP contribution in [-0.4, -0.2) is 74.4 Å². The van der Waals surface area contributed by atoms with E-state index in [9.17, 15) is 9.18 Å². The third kappa shape index (κ3) is 5.55. The number of amides is 1. The fourth-order valence-corrected chi connectivity index (χ4v) is 7.71. The fraction of sp³-hybridized carbons (Fsp3) is 0.562. The lowest BCUT2D eigenvalue weighted by Gasteiger charge is -2.57. The zero-order valence-electron chi connectivity index (χ0n) is 25.0. The topological polar surface area (TPSA) is 109 Å². The van der Waals surface area contributed by atoms with E-state index in [0.29, 0.717) is 58.5 Å². The van der Waals surface area contributed by atoms with Crippen LogP contribution >= 0.6 is 0 Å². The van der Waals surface area contributed by atoms with Crippen molar-refractivity contribution in [2.45, 2.75) is 70.9 Å². The fourth-order valence-electron chi connectivity index (χ4n) is 7.71. The Balaban J connectivity index is 1.06. The Kier molecular flexibility index (Phi) is 7.23. The monoisotopic (exact) mass is 586 g/mol. The number of aromatic nitrogens is 5. The molecule has 2 saturated heterocycles. The number of nitrogens with one attached hydrogen (secondary N) is 1. The van der Waals surface area contributed by atoms with Gasteiger partial charge in [-0.25, -0.2) is 9.37 Å². The zero-order chi connectivity index (χ0) is 29.7. The van der Waals surface area contributed by atoms with Crippen LogP contribution in [-0.2, 0) is 4.79 Å². The third-order valence-corrected chi connectivity index (χ3v) is 9.73. The molecule has 0 bridgehead atoms. The summed E-state index contributed by atoms with van der Waals surface area (Å²) in [7, 11) is 0. The van der Waals surface area contributed by atoms with Gasteiger partial charge in [0.15, 0.2) is 5.82 Å². The second-order valence-electron chi connectivity index (χ2n) is 13.4. The number of ether oxygens (including phenoxy) is 1. The number of benzene rings is 1. The predicted molar refractivity (Wildman–Crippen MR) is 159 cm³/mol. The van der Waals surface area contributed by atoms with Crippen molar-refractivity contribution in [2.75, 3.05) is 31.1 Å². The lowest BCUT2D eigenvalue weighted by molar-refractivity contribution is -0.121. The first-order valence-electron chi connectivity index (χ1n) is 15.5.